The molecule has 1 unspecified atom stereocenters. The summed E-state index contributed by atoms with van der Waals surface area (Å²) in [6.07, 6.45) is -3.43. The molecule has 19 heavy (non-hydrogen) atoms. The van der Waals surface area contributed by atoms with Crippen molar-refractivity contribution in [1.29, 1.82) is 0 Å². The minimum atomic E-state index is -4.41. The summed E-state index contributed by atoms with van der Waals surface area (Å²) in [6, 6.07) is 0. The normalized spacial score (nSPS) is 16.5. The van der Waals surface area contributed by atoms with Crippen molar-refractivity contribution < 1.29 is 13.2 Å². The monoisotopic (exact) mass is 291 g/mol. The van der Waals surface area contributed by atoms with Gasteiger partial charge in [-0.05, 0) is 6.42 Å². The molecule has 1 aromatic heterocycles. The summed E-state index contributed by atoms with van der Waals surface area (Å²) in [5.41, 5.74) is -0.0888. The van der Waals surface area contributed by atoms with E-state index in [0.29, 0.717) is 23.2 Å². The summed E-state index contributed by atoms with van der Waals surface area (Å²) in [6.45, 7) is 4.68. The van der Waals surface area contributed by atoms with Gasteiger partial charge >= 0.3 is 6.18 Å². The van der Waals surface area contributed by atoms with Gasteiger partial charge in [0.15, 0.2) is 5.69 Å². The van der Waals surface area contributed by atoms with Crippen LogP contribution in [0.1, 0.15) is 43.0 Å². The van der Waals surface area contributed by atoms with Gasteiger partial charge in [-0.3, -0.25) is 0 Å². The van der Waals surface area contributed by atoms with Crippen molar-refractivity contribution in [3.63, 3.8) is 0 Å². The van der Waals surface area contributed by atoms with E-state index in [2.05, 4.69) is 15.3 Å². The Bertz CT molecular complexity index is 462. The van der Waals surface area contributed by atoms with Gasteiger partial charge < -0.3 is 5.32 Å². The Morgan fingerprint density at radius 1 is 1.32 bits per heavy atom. The first kappa shape index (κ1) is 14.6. The molecule has 0 aromatic carbocycles. The molecule has 2 heterocycles. The predicted molar refractivity (Wildman–Crippen MR) is 68.6 cm³/mol. The van der Waals surface area contributed by atoms with E-state index in [-0.39, 0.29) is 17.9 Å². The zero-order valence-corrected chi connectivity index (χ0v) is 11.7. The second-order valence-electron chi connectivity index (χ2n) is 4.54. The lowest BCUT2D eigenvalue weighted by atomic mass is 10.2. The Hall–Kier alpha value is -0.820. The van der Waals surface area contributed by atoms with Crippen LogP contribution in [-0.4, -0.2) is 15.2 Å². The standard InChI is InChI=1S/C12H16F3N3S/c1-3-7(2)19-6-10-17-9-5-16-4-8(9)11(18-10)12(13,14)15/h7,16H,3-6H2,1-2H3. The Labute approximate surface area is 114 Å². The average molecular weight is 291 g/mol. The van der Waals surface area contributed by atoms with Crippen LogP contribution in [0.3, 0.4) is 0 Å². The molecule has 7 heteroatoms. The number of halogens is 3. The molecule has 0 aliphatic carbocycles. The summed E-state index contributed by atoms with van der Waals surface area (Å²) in [5.74, 6) is 0.700. The van der Waals surface area contributed by atoms with Gasteiger partial charge in [-0.1, -0.05) is 13.8 Å². The van der Waals surface area contributed by atoms with E-state index in [4.69, 9.17) is 0 Å². The van der Waals surface area contributed by atoms with E-state index >= 15 is 0 Å². The minimum absolute atomic E-state index is 0.197. The van der Waals surface area contributed by atoms with Crippen LogP contribution in [0.25, 0.3) is 0 Å². The predicted octanol–water partition coefficient (Wildman–Crippen LogP) is 3.13. The molecule has 106 valence electrons. The molecule has 1 N–H and O–H groups in total. The van der Waals surface area contributed by atoms with Gasteiger partial charge in [-0.25, -0.2) is 9.97 Å². The molecule has 3 nitrogen and oxygen atoms in total. The number of rotatable bonds is 4. The quantitative estimate of drug-likeness (QED) is 0.925. The number of nitrogens with zero attached hydrogens (tertiary/aromatic N) is 2. The van der Waals surface area contributed by atoms with E-state index in [0.717, 1.165) is 6.42 Å². The van der Waals surface area contributed by atoms with Crippen LogP contribution in [0.2, 0.25) is 0 Å². The Balaban J connectivity index is 2.27. The van der Waals surface area contributed by atoms with Crippen molar-refractivity contribution in [2.75, 3.05) is 0 Å². The number of hydrogen-bond donors (Lipinski definition) is 1. The van der Waals surface area contributed by atoms with Gasteiger partial charge in [0.2, 0.25) is 0 Å². The molecule has 0 fully saturated rings. The molecular weight excluding hydrogens is 275 g/mol. The fourth-order valence-electron chi connectivity index (χ4n) is 1.85. The maximum Gasteiger partial charge on any atom is 0.433 e. The third-order valence-corrected chi connectivity index (χ3v) is 4.40. The van der Waals surface area contributed by atoms with Crippen molar-refractivity contribution >= 4 is 11.8 Å². The molecule has 1 aliphatic heterocycles. The highest BCUT2D eigenvalue weighted by atomic mass is 32.2. The molecular formula is C12H16F3N3S. The van der Waals surface area contributed by atoms with Crippen LogP contribution in [0, 0.1) is 0 Å². The Kier molecular flexibility index (Phi) is 4.35. The maximum atomic E-state index is 13.0. The van der Waals surface area contributed by atoms with Crippen LogP contribution in [0.5, 0.6) is 0 Å². The molecule has 0 radical (unpaired) electrons. The van der Waals surface area contributed by atoms with Crippen molar-refractivity contribution in [3.05, 3.63) is 22.8 Å². The highest BCUT2D eigenvalue weighted by Crippen LogP contribution is 2.33. The van der Waals surface area contributed by atoms with E-state index in [9.17, 15) is 13.2 Å². The molecule has 1 aliphatic rings. The first-order valence-corrected chi connectivity index (χ1v) is 7.24. The van der Waals surface area contributed by atoms with Crippen LogP contribution in [-0.2, 0) is 25.0 Å². The van der Waals surface area contributed by atoms with Crippen LogP contribution in [0.4, 0.5) is 13.2 Å². The van der Waals surface area contributed by atoms with Gasteiger partial charge in [-0.2, -0.15) is 24.9 Å². The fourth-order valence-corrected chi connectivity index (χ4v) is 2.65. The van der Waals surface area contributed by atoms with Gasteiger partial charge in [-0.15, -0.1) is 0 Å². The van der Waals surface area contributed by atoms with Gasteiger partial charge in [0.05, 0.1) is 11.4 Å². The molecule has 0 saturated heterocycles. The van der Waals surface area contributed by atoms with E-state index in [1.54, 1.807) is 11.8 Å². The van der Waals surface area contributed by atoms with Crippen LogP contribution in [0.15, 0.2) is 0 Å². The van der Waals surface area contributed by atoms with Gasteiger partial charge in [0.25, 0.3) is 0 Å². The topological polar surface area (TPSA) is 37.8 Å². The number of hydrogen-bond acceptors (Lipinski definition) is 4. The Morgan fingerprint density at radius 3 is 2.68 bits per heavy atom. The molecule has 0 bridgehead atoms. The van der Waals surface area contributed by atoms with Crippen molar-refractivity contribution in [3.8, 4) is 0 Å². The lowest BCUT2D eigenvalue weighted by Gasteiger charge is -2.13. The second kappa shape index (κ2) is 5.66. The van der Waals surface area contributed by atoms with E-state index in [1.807, 2.05) is 13.8 Å². The van der Waals surface area contributed by atoms with Crippen molar-refractivity contribution in [2.45, 2.75) is 50.5 Å². The van der Waals surface area contributed by atoms with Crippen molar-refractivity contribution in [2.24, 2.45) is 0 Å². The van der Waals surface area contributed by atoms with Gasteiger partial charge in [0, 0.05) is 23.9 Å². The molecule has 0 amide bonds. The third kappa shape index (κ3) is 3.39. The number of aromatic nitrogens is 2. The molecule has 1 atom stereocenters. The van der Waals surface area contributed by atoms with Crippen molar-refractivity contribution in [1.82, 2.24) is 15.3 Å². The largest absolute Gasteiger partial charge is 0.433 e. The first-order valence-electron chi connectivity index (χ1n) is 6.20. The average Bonchev–Trinajstić information content (AvgIpc) is 2.81. The summed E-state index contributed by atoms with van der Waals surface area (Å²) < 4.78 is 38.9. The highest BCUT2D eigenvalue weighted by Gasteiger charge is 2.38. The number of alkyl halides is 3. The summed E-state index contributed by atoms with van der Waals surface area (Å²) in [4.78, 5) is 7.96. The number of fused-ring (bicyclic) bond motifs is 1. The summed E-state index contributed by atoms with van der Waals surface area (Å²) >= 11 is 1.58. The maximum absolute atomic E-state index is 13.0. The smallest absolute Gasteiger partial charge is 0.307 e. The fraction of sp³-hybridized carbons (Fsp3) is 0.667. The first-order chi connectivity index (χ1) is 8.91. The lowest BCUT2D eigenvalue weighted by Crippen LogP contribution is -2.15. The zero-order valence-electron chi connectivity index (χ0n) is 10.8. The molecule has 2 rings (SSSR count). The highest BCUT2D eigenvalue weighted by molar-refractivity contribution is 7.99. The third-order valence-electron chi connectivity index (χ3n) is 3.07. The number of nitrogens with one attached hydrogen (secondary N) is 1. The van der Waals surface area contributed by atoms with E-state index in [1.165, 1.54) is 0 Å². The minimum Gasteiger partial charge on any atom is -0.307 e. The number of thioether (sulfide) groups is 1. The van der Waals surface area contributed by atoms with Gasteiger partial charge in [0.1, 0.15) is 5.82 Å². The van der Waals surface area contributed by atoms with Crippen LogP contribution >= 0.6 is 11.8 Å². The van der Waals surface area contributed by atoms with E-state index < -0.39 is 11.9 Å². The SMILES string of the molecule is CCC(C)SCc1nc2c(c(C(F)(F)F)n1)CNC2. The Morgan fingerprint density at radius 2 is 2.05 bits per heavy atom. The molecule has 0 saturated carbocycles. The second-order valence-corrected chi connectivity index (χ2v) is 5.97. The summed E-state index contributed by atoms with van der Waals surface area (Å²) in [7, 11) is 0. The molecule has 0 spiro atoms. The molecule has 1 aromatic rings. The van der Waals surface area contributed by atoms with Crippen LogP contribution < -0.4 is 5.32 Å². The summed E-state index contributed by atoms with van der Waals surface area (Å²) in [5, 5.41) is 3.29. The zero-order chi connectivity index (χ0) is 14.0. The lowest BCUT2D eigenvalue weighted by molar-refractivity contribution is -0.142.